The zero-order valence-electron chi connectivity index (χ0n) is 24.9. The van der Waals surface area contributed by atoms with Crippen LogP contribution >= 0.6 is 0 Å². The van der Waals surface area contributed by atoms with Gasteiger partial charge in [-0.15, -0.1) is 5.10 Å². The average Bonchev–Trinajstić information content (AvgIpc) is 3.71. The maximum absolute atomic E-state index is 14.3. The Hall–Kier alpha value is -5.78. The van der Waals surface area contributed by atoms with Crippen molar-refractivity contribution in [3.05, 3.63) is 96.1 Å². The van der Waals surface area contributed by atoms with Crippen LogP contribution in [-0.4, -0.2) is 59.8 Å². The molecule has 1 aliphatic rings. The van der Waals surface area contributed by atoms with E-state index in [1.807, 2.05) is 36.4 Å². The standard InChI is InChI=1S/C33H31N5O7/c1-41-24-12-8-21(9-13-24)18-37(31(39)19-38-26-7-5-4-6-25(26)35-36-38)32(22-10-14-27(42-2)29(16-22)43-3)33(40)34-23-11-15-28-30(17-23)45-20-44-28/h4-17,32H,18-20H2,1-3H3,(H,34,40)/t32-/m0/s1. The van der Waals surface area contributed by atoms with Crippen LogP contribution in [0.15, 0.2) is 84.9 Å². The fraction of sp³-hybridized carbons (Fsp3) is 0.212. The Morgan fingerprint density at radius 2 is 1.67 bits per heavy atom. The third kappa shape index (κ3) is 6.16. The molecule has 6 rings (SSSR count). The van der Waals surface area contributed by atoms with Crippen LogP contribution in [0, 0.1) is 0 Å². The largest absolute Gasteiger partial charge is 0.497 e. The fourth-order valence-corrected chi connectivity index (χ4v) is 5.18. The van der Waals surface area contributed by atoms with Crippen molar-refractivity contribution in [1.82, 2.24) is 19.9 Å². The van der Waals surface area contributed by atoms with Crippen molar-refractivity contribution in [2.45, 2.75) is 19.1 Å². The van der Waals surface area contributed by atoms with E-state index < -0.39 is 11.9 Å². The van der Waals surface area contributed by atoms with Crippen molar-refractivity contribution in [1.29, 1.82) is 0 Å². The van der Waals surface area contributed by atoms with Gasteiger partial charge in [0.25, 0.3) is 5.91 Å². The number of ether oxygens (including phenoxy) is 5. The lowest BCUT2D eigenvalue weighted by atomic mass is 10.0. The van der Waals surface area contributed by atoms with Crippen LogP contribution in [0.5, 0.6) is 28.7 Å². The number of nitrogens with zero attached hydrogens (tertiary/aromatic N) is 4. The molecule has 4 aromatic carbocycles. The number of hydrogen-bond acceptors (Lipinski definition) is 9. The third-order valence-electron chi connectivity index (χ3n) is 7.46. The van der Waals surface area contributed by atoms with Gasteiger partial charge in [0.2, 0.25) is 12.7 Å². The molecular weight excluding hydrogens is 578 g/mol. The van der Waals surface area contributed by atoms with E-state index in [1.54, 1.807) is 55.6 Å². The first-order valence-electron chi connectivity index (χ1n) is 14.1. The summed E-state index contributed by atoms with van der Waals surface area (Å²) in [6.07, 6.45) is 0. The van der Waals surface area contributed by atoms with Crippen molar-refractivity contribution >= 4 is 28.5 Å². The molecule has 1 atom stereocenters. The average molecular weight is 610 g/mol. The van der Waals surface area contributed by atoms with E-state index in [0.717, 1.165) is 5.56 Å². The van der Waals surface area contributed by atoms with E-state index in [1.165, 1.54) is 23.8 Å². The molecule has 1 aromatic heterocycles. The van der Waals surface area contributed by atoms with Crippen LogP contribution in [-0.2, 0) is 22.7 Å². The second-order valence-electron chi connectivity index (χ2n) is 10.2. The van der Waals surface area contributed by atoms with Gasteiger partial charge in [-0.05, 0) is 59.7 Å². The highest BCUT2D eigenvalue weighted by molar-refractivity contribution is 5.98. The van der Waals surface area contributed by atoms with Gasteiger partial charge < -0.3 is 33.9 Å². The smallest absolute Gasteiger partial charge is 0.251 e. The highest BCUT2D eigenvalue weighted by Crippen LogP contribution is 2.36. The van der Waals surface area contributed by atoms with Crippen molar-refractivity contribution in [2.24, 2.45) is 0 Å². The predicted molar refractivity (Wildman–Crippen MR) is 165 cm³/mol. The van der Waals surface area contributed by atoms with Crippen LogP contribution in [0.4, 0.5) is 5.69 Å². The molecule has 12 nitrogen and oxygen atoms in total. The number of anilines is 1. The summed E-state index contributed by atoms with van der Waals surface area (Å²) in [4.78, 5) is 30.2. The number of benzene rings is 4. The monoisotopic (exact) mass is 609 g/mol. The van der Waals surface area contributed by atoms with Gasteiger partial charge in [0.15, 0.2) is 23.0 Å². The molecule has 2 amide bonds. The van der Waals surface area contributed by atoms with Crippen molar-refractivity contribution in [3.63, 3.8) is 0 Å². The van der Waals surface area contributed by atoms with E-state index in [2.05, 4.69) is 15.6 Å². The van der Waals surface area contributed by atoms with Gasteiger partial charge in [0.1, 0.15) is 23.9 Å². The molecule has 0 saturated carbocycles. The fourth-order valence-electron chi connectivity index (χ4n) is 5.18. The van der Waals surface area contributed by atoms with Gasteiger partial charge >= 0.3 is 0 Å². The molecule has 0 bridgehead atoms. The van der Waals surface area contributed by atoms with Gasteiger partial charge in [-0.25, -0.2) is 4.68 Å². The number of aromatic nitrogens is 3. The Morgan fingerprint density at radius 1 is 0.889 bits per heavy atom. The number of amides is 2. The SMILES string of the molecule is COc1ccc(CN(C(=O)Cn2nnc3ccccc32)[C@H](C(=O)Nc2ccc3c(c2)OCO3)c2ccc(OC)c(OC)c2)cc1. The molecule has 0 radical (unpaired) electrons. The molecule has 2 heterocycles. The molecular formula is C33H31N5O7. The summed E-state index contributed by atoms with van der Waals surface area (Å²) in [5.41, 5.74) is 3.13. The van der Waals surface area contributed by atoms with Gasteiger partial charge in [0, 0.05) is 18.3 Å². The third-order valence-corrected chi connectivity index (χ3v) is 7.46. The molecule has 45 heavy (non-hydrogen) atoms. The van der Waals surface area contributed by atoms with Crippen LogP contribution in [0.1, 0.15) is 17.2 Å². The molecule has 0 fully saturated rings. The molecule has 12 heteroatoms. The zero-order chi connectivity index (χ0) is 31.3. The minimum atomic E-state index is -1.10. The Balaban J connectivity index is 1.42. The Labute approximate surface area is 259 Å². The molecule has 1 aliphatic heterocycles. The lowest BCUT2D eigenvalue weighted by molar-refractivity contribution is -0.140. The molecule has 0 aliphatic carbocycles. The number of carbonyl (C=O) groups excluding carboxylic acids is 2. The normalized spacial score (nSPS) is 12.4. The minimum Gasteiger partial charge on any atom is -0.497 e. The van der Waals surface area contributed by atoms with Crippen LogP contribution < -0.4 is 29.0 Å². The van der Waals surface area contributed by atoms with Gasteiger partial charge in [-0.3, -0.25) is 9.59 Å². The van der Waals surface area contributed by atoms with E-state index >= 15 is 0 Å². The van der Waals surface area contributed by atoms with Crippen molar-refractivity contribution in [2.75, 3.05) is 33.4 Å². The van der Waals surface area contributed by atoms with Gasteiger partial charge in [-0.2, -0.15) is 0 Å². The van der Waals surface area contributed by atoms with E-state index in [-0.39, 0.29) is 25.8 Å². The summed E-state index contributed by atoms with van der Waals surface area (Å²) in [5, 5.41) is 11.4. The van der Waals surface area contributed by atoms with Crippen LogP contribution in [0.25, 0.3) is 11.0 Å². The van der Waals surface area contributed by atoms with Gasteiger partial charge in [-0.1, -0.05) is 35.5 Å². The number of rotatable bonds is 11. The molecule has 230 valence electrons. The van der Waals surface area contributed by atoms with E-state index in [9.17, 15) is 9.59 Å². The lowest BCUT2D eigenvalue weighted by Gasteiger charge is -2.32. The van der Waals surface area contributed by atoms with E-state index in [4.69, 9.17) is 23.7 Å². The predicted octanol–water partition coefficient (Wildman–Crippen LogP) is 4.59. The first kappa shape index (κ1) is 29.3. The van der Waals surface area contributed by atoms with E-state index in [0.29, 0.717) is 51.0 Å². The number of methoxy groups -OCH3 is 3. The Kier molecular flexibility index (Phi) is 8.36. The number of para-hydroxylation sites is 1. The topological polar surface area (TPSA) is 126 Å². The molecule has 0 unspecified atom stereocenters. The lowest BCUT2D eigenvalue weighted by Crippen LogP contribution is -2.42. The number of hydrogen-bond donors (Lipinski definition) is 1. The summed E-state index contributed by atoms with van der Waals surface area (Å²) in [7, 11) is 4.63. The number of fused-ring (bicyclic) bond motifs is 2. The quantitative estimate of drug-likeness (QED) is 0.229. The molecule has 1 N–H and O–H groups in total. The minimum absolute atomic E-state index is 0.0993. The Morgan fingerprint density at radius 3 is 2.44 bits per heavy atom. The summed E-state index contributed by atoms with van der Waals surface area (Å²) < 4.78 is 28.8. The van der Waals surface area contributed by atoms with Crippen LogP contribution in [0.2, 0.25) is 0 Å². The molecule has 0 spiro atoms. The second-order valence-corrected chi connectivity index (χ2v) is 10.2. The Bertz CT molecular complexity index is 1840. The van der Waals surface area contributed by atoms with Gasteiger partial charge in [0.05, 0.1) is 26.8 Å². The first-order chi connectivity index (χ1) is 22.0. The van der Waals surface area contributed by atoms with Crippen molar-refractivity contribution < 1.29 is 33.3 Å². The van der Waals surface area contributed by atoms with Crippen LogP contribution in [0.3, 0.4) is 0 Å². The summed E-state index contributed by atoms with van der Waals surface area (Å²) in [6, 6.07) is 23.9. The summed E-state index contributed by atoms with van der Waals surface area (Å²) in [6.45, 7) is 0.0445. The number of carbonyl (C=O) groups is 2. The highest BCUT2D eigenvalue weighted by Gasteiger charge is 2.33. The second kappa shape index (κ2) is 12.8. The summed E-state index contributed by atoms with van der Waals surface area (Å²) >= 11 is 0. The first-order valence-corrected chi connectivity index (χ1v) is 14.1. The molecule has 0 saturated heterocycles. The highest BCUT2D eigenvalue weighted by atomic mass is 16.7. The number of nitrogens with one attached hydrogen (secondary N) is 1. The maximum Gasteiger partial charge on any atom is 0.251 e. The maximum atomic E-state index is 14.3. The zero-order valence-corrected chi connectivity index (χ0v) is 24.9. The molecule has 5 aromatic rings. The van der Waals surface area contributed by atoms with Crippen molar-refractivity contribution in [3.8, 4) is 28.7 Å². The summed E-state index contributed by atoms with van der Waals surface area (Å²) in [5.74, 6) is 1.85.